The third-order valence-corrected chi connectivity index (χ3v) is 5.33. The fourth-order valence-electron chi connectivity index (χ4n) is 2.11. The van der Waals surface area contributed by atoms with Gasteiger partial charge in [0.2, 0.25) is 5.91 Å². The summed E-state index contributed by atoms with van der Waals surface area (Å²) < 4.78 is 1.29. The maximum atomic E-state index is 11.4. The van der Waals surface area contributed by atoms with Crippen LogP contribution in [0.3, 0.4) is 0 Å². The number of hydrogen-bond acceptors (Lipinski definition) is 3. The molecule has 2 nitrogen and oxygen atoms in total. The summed E-state index contributed by atoms with van der Waals surface area (Å²) in [6.07, 6.45) is 0. The van der Waals surface area contributed by atoms with Crippen molar-refractivity contribution in [2.24, 2.45) is 5.73 Å². The number of nitrogens with two attached hydrogens (primary N) is 1. The summed E-state index contributed by atoms with van der Waals surface area (Å²) in [5.74, 6) is 0.385. The molecule has 0 aliphatic rings. The molecule has 100 valence electrons. The van der Waals surface area contributed by atoms with Crippen molar-refractivity contribution in [3.05, 3.63) is 65.0 Å². The molecule has 0 fully saturated rings. The summed E-state index contributed by atoms with van der Waals surface area (Å²) >= 11 is 3.49. The Kier molecular flexibility index (Phi) is 3.76. The second-order valence-electron chi connectivity index (χ2n) is 4.41. The lowest BCUT2D eigenvalue weighted by Gasteiger charge is -2.05. The van der Waals surface area contributed by atoms with Crippen molar-refractivity contribution >= 4 is 39.1 Å². The van der Waals surface area contributed by atoms with Crippen LogP contribution in [0.25, 0.3) is 10.1 Å². The quantitative estimate of drug-likeness (QED) is 0.730. The van der Waals surface area contributed by atoms with Crippen molar-refractivity contribution in [1.29, 1.82) is 0 Å². The molecule has 0 saturated carbocycles. The molecule has 0 spiro atoms. The molecule has 3 aromatic rings. The lowest BCUT2D eigenvalue weighted by atomic mass is 10.1. The first-order chi connectivity index (χ1) is 9.75. The Balaban J connectivity index is 1.85. The van der Waals surface area contributed by atoms with Crippen LogP contribution >= 0.6 is 23.1 Å². The van der Waals surface area contributed by atoms with Gasteiger partial charge in [-0.05, 0) is 17.7 Å². The van der Waals surface area contributed by atoms with Gasteiger partial charge < -0.3 is 5.73 Å². The highest BCUT2D eigenvalue weighted by molar-refractivity contribution is 7.98. The van der Waals surface area contributed by atoms with Crippen molar-refractivity contribution in [2.45, 2.75) is 10.6 Å². The fourth-order valence-corrected chi connectivity index (χ4v) is 4.31. The Hall–Kier alpha value is -1.78. The SMILES string of the molecule is NC(=O)c1ccccc1CSc1csc2ccccc12. The summed E-state index contributed by atoms with van der Waals surface area (Å²) in [7, 11) is 0. The maximum Gasteiger partial charge on any atom is 0.249 e. The van der Waals surface area contributed by atoms with Crippen LogP contribution in [-0.2, 0) is 5.75 Å². The molecule has 20 heavy (non-hydrogen) atoms. The fraction of sp³-hybridized carbons (Fsp3) is 0.0625. The molecule has 0 aliphatic carbocycles. The van der Waals surface area contributed by atoms with Gasteiger partial charge in [-0.3, -0.25) is 4.79 Å². The molecular formula is C16H13NOS2. The molecule has 1 heterocycles. The summed E-state index contributed by atoms with van der Waals surface area (Å²) in [5, 5.41) is 3.45. The van der Waals surface area contributed by atoms with E-state index in [1.807, 2.05) is 18.2 Å². The van der Waals surface area contributed by atoms with Crippen molar-refractivity contribution in [3.8, 4) is 0 Å². The van der Waals surface area contributed by atoms with Gasteiger partial charge in [0.05, 0.1) is 0 Å². The number of carbonyl (C=O) groups is 1. The first-order valence-electron chi connectivity index (χ1n) is 6.22. The topological polar surface area (TPSA) is 43.1 Å². The van der Waals surface area contributed by atoms with Crippen LogP contribution in [0.2, 0.25) is 0 Å². The molecule has 0 aliphatic heterocycles. The molecule has 2 N–H and O–H groups in total. The number of thioether (sulfide) groups is 1. The summed E-state index contributed by atoms with van der Waals surface area (Å²) in [6.45, 7) is 0. The van der Waals surface area contributed by atoms with Crippen molar-refractivity contribution in [2.75, 3.05) is 0 Å². The highest BCUT2D eigenvalue weighted by Gasteiger charge is 2.09. The number of primary amides is 1. The largest absolute Gasteiger partial charge is 0.366 e. The van der Waals surface area contributed by atoms with E-state index < -0.39 is 0 Å². The van der Waals surface area contributed by atoms with Gasteiger partial charge in [-0.25, -0.2) is 0 Å². The molecular weight excluding hydrogens is 286 g/mol. The molecule has 0 atom stereocenters. The van der Waals surface area contributed by atoms with Crippen molar-refractivity contribution in [1.82, 2.24) is 0 Å². The number of thiophene rings is 1. The van der Waals surface area contributed by atoms with E-state index >= 15 is 0 Å². The normalized spacial score (nSPS) is 10.8. The maximum absolute atomic E-state index is 11.4. The minimum absolute atomic E-state index is 0.364. The minimum Gasteiger partial charge on any atom is -0.366 e. The average Bonchev–Trinajstić information content (AvgIpc) is 2.88. The monoisotopic (exact) mass is 299 g/mol. The van der Waals surface area contributed by atoms with Gasteiger partial charge in [-0.15, -0.1) is 23.1 Å². The van der Waals surface area contributed by atoms with Crippen LogP contribution in [0.5, 0.6) is 0 Å². The van der Waals surface area contributed by atoms with E-state index in [0.717, 1.165) is 11.3 Å². The van der Waals surface area contributed by atoms with E-state index in [9.17, 15) is 4.79 Å². The van der Waals surface area contributed by atoms with Gasteiger partial charge in [0.1, 0.15) is 0 Å². The zero-order valence-corrected chi connectivity index (χ0v) is 12.3. The Morgan fingerprint density at radius 2 is 1.85 bits per heavy atom. The van der Waals surface area contributed by atoms with Gasteiger partial charge >= 0.3 is 0 Å². The van der Waals surface area contributed by atoms with E-state index in [-0.39, 0.29) is 5.91 Å². The zero-order chi connectivity index (χ0) is 13.9. The first kappa shape index (κ1) is 13.2. The van der Waals surface area contributed by atoms with Crippen LogP contribution in [0, 0.1) is 0 Å². The molecule has 0 bridgehead atoms. The van der Waals surface area contributed by atoms with Gasteiger partial charge in [-0.1, -0.05) is 36.4 Å². The smallest absolute Gasteiger partial charge is 0.249 e. The number of carbonyl (C=O) groups excluding carboxylic acids is 1. The Labute approximate surface area is 125 Å². The Morgan fingerprint density at radius 3 is 2.70 bits per heavy atom. The number of benzene rings is 2. The van der Waals surface area contributed by atoms with Gasteiger partial charge in [-0.2, -0.15) is 0 Å². The predicted octanol–water partition coefficient (Wildman–Crippen LogP) is 4.29. The molecule has 2 aromatic carbocycles. The van der Waals surface area contributed by atoms with Crippen LogP contribution in [0.1, 0.15) is 15.9 Å². The van der Waals surface area contributed by atoms with Gasteiger partial charge in [0, 0.05) is 31.7 Å². The Morgan fingerprint density at radius 1 is 1.10 bits per heavy atom. The highest BCUT2D eigenvalue weighted by atomic mass is 32.2. The molecule has 4 heteroatoms. The third-order valence-electron chi connectivity index (χ3n) is 3.11. The number of fused-ring (bicyclic) bond motifs is 1. The van der Waals surface area contributed by atoms with Crippen LogP contribution in [-0.4, -0.2) is 5.91 Å². The number of rotatable bonds is 4. The number of hydrogen-bond donors (Lipinski definition) is 1. The zero-order valence-electron chi connectivity index (χ0n) is 10.7. The van der Waals surface area contributed by atoms with E-state index in [0.29, 0.717) is 5.56 Å². The van der Waals surface area contributed by atoms with Gasteiger partial charge in [0.15, 0.2) is 0 Å². The van der Waals surface area contributed by atoms with E-state index in [2.05, 4.69) is 29.6 Å². The molecule has 1 amide bonds. The molecule has 0 saturated heterocycles. The Bertz CT molecular complexity index is 764. The average molecular weight is 299 g/mol. The second kappa shape index (κ2) is 5.69. The summed E-state index contributed by atoms with van der Waals surface area (Å²) in [6, 6.07) is 15.9. The minimum atomic E-state index is -0.364. The van der Waals surface area contributed by atoms with E-state index in [4.69, 9.17) is 5.73 Å². The molecule has 0 radical (unpaired) electrons. The van der Waals surface area contributed by atoms with Crippen LogP contribution in [0.4, 0.5) is 0 Å². The summed E-state index contributed by atoms with van der Waals surface area (Å²) in [5.41, 5.74) is 7.00. The standard InChI is InChI=1S/C16H13NOS2/c17-16(18)12-6-2-1-5-11(12)9-19-15-10-20-14-8-4-3-7-13(14)15/h1-8,10H,9H2,(H2,17,18). The predicted molar refractivity (Wildman–Crippen MR) is 86.3 cm³/mol. The lowest BCUT2D eigenvalue weighted by molar-refractivity contribution is 0.0999. The van der Waals surface area contributed by atoms with Crippen LogP contribution in [0.15, 0.2) is 58.8 Å². The molecule has 3 rings (SSSR count). The third kappa shape index (κ3) is 2.57. The van der Waals surface area contributed by atoms with Crippen molar-refractivity contribution < 1.29 is 4.79 Å². The summed E-state index contributed by atoms with van der Waals surface area (Å²) in [4.78, 5) is 12.7. The van der Waals surface area contributed by atoms with E-state index in [1.165, 1.54) is 15.0 Å². The lowest BCUT2D eigenvalue weighted by Crippen LogP contribution is -2.13. The second-order valence-corrected chi connectivity index (χ2v) is 6.33. The first-order valence-corrected chi connectivity index (χ1v) is 8.09. The van der Waals surface area contributed by atoms with E-state index in [1.54, 1.807) is 29.2 Å². The van der Waals surface area contributed by atoms with Crippen molar-refractivity contribution in [3.63, 3.8) is 0 Å². The van der Waals surface area contributed by atoms with Gasteiger partial charge in [0.25, 0.3) is 0 Å². The molecule has 0 unspecified atom stereocenters. The highest BCUT2D eigenvalue weighted by Crippen LogP contribution is 2.35. The number of amides is 1. The van der Waals surface area contributed by atoms with Crippen LogP contribution < -0.4 is 5.73 Å². The molecule has 1 aromatic heterocycles.